The second-order valence-corrected chi connectivity index (χ2v) is 7.36. The van der Waals surface area contributed by atoms with E-state index in [0.717, 1.165) is 52.8 Å². The van der Waals surface area contributed by atoms with Crippen LogP contribution in [0.1, 0.15) is 30.4 Å². The molecule has 3 heterocycles. The van der Waals surface area contributed by atoms with Gasteiger partial charge in [-0.25, -0.2) is 9.97 Å². The molecule has 0 aliphatic heterocycles. The van der Waals surface area contributed by atoms with E-state index in [0.29, 0.717) is 11.8 Å². The van der Waals surface area contributed by atoms with Crippen molar-refractivity contribution in [2.24, 2.45) is 5.16 Å². The number of aryl methyl sites for hydroxylation is 2. The van der Waals surface area contributed by atoms with Gasteiger partial charge in [-0.3, -0.25) is 9.97 Å². The Hall–Kier alpha value is -3.00. The zero-order chi connectivity index (χ0) is 21.3. The van der Waals surface area contributed by atoms with Crippen LogP contribution < -0.4 is 4.74 Å². The van der Waals surface area contributed by atoms with Gasteiger partial charge in [-0.15, -0.1) is 0 Å². The number of nitrogens with zero attached hydrogens (tertiary/aromatic N) is 5. The Morgan fingerprint density at radius 2 is 1.97 bits per heavy atom. The Morgan fingerprint density at radius 1 is 1.10 bits per heavy atom. The maximum atomic E-state index is 5.47. The number of methoxy groups -OCH3 is 1. The minimum Gasteiger partial charge on any atom is -0.497 e. The quantitative estimate of drug-likeness (QED) is 0.166. The first-order valence-electron chi connectivity index (χ1n) is 9.62. The minimum atomic E-state index is 0.500. The van der Waals surface area contributed by atoms with Gasteiger partial charge in [0.1, 0.15) is 18.1 Å². The second kappa shape index (κ2) is 10.7. The Balaban J connectivity index is 1.55. The molecule has 0 atom stereocenters. The van der Waals surface area contributed by atoms with Crippen molar-refractivity contribution in [1.82, 2.24) is 19.9 Å². The fourth-order valence-corrected chi connectivity index (χ4v) is 3.15. The van der Waals surface area contributed by atoms with Crippen LogP contribution in [0.3, 0.4) is 0 Å². The monoisotopic (exact) mass is 423 g/mol. The van der Waals surface area contributed by atoms with Crippen LogP contribution in [0.5, 0.6) is 5.75 Å². The third-order valence-corrected chi connectivity index (χ3v) is 4.85. The highest BCUT2D eigenvalue weighted by Gasteiger charge is 2.07. The first kappa shape index (κ1) is 21.7. The molecule has 0 aliphatic rings. The van der Waals surface area contributed by atoms with Gasteiger partial charge in [0.15, 0.2) is 5.16 Å². The van der Waals surface area contributed by atoms with Crippen LogP contribution in [0.4, 0.5) is 0 Å². The average molecular weight is 424 g/mol. The standard InChI is InChI=1S/C22H25N5O2S/c1-15-13-18(28-3)14-21(24-15)20-9-5-7-17(25-20)8-6-12-29-27-16(2)19-10-11-23-22(26-19)30-4/h5,7,9-11,13-14H,6,8,12H2,1-4H3. The molecule has 0 saturated carbocycles. The van der Waals surface area contributed by atoms with Crippen molar-refractivity contribution in [2.45, 2.75) is 31.8 Å². The zero-order valence-corrected chi connectivity index (χ0v) is 18.4. The Bertz CT molecular complexity index is 1030. The lowest BCUT2D eigenvalue weighted by atomic mass is 10.1. The summed E-state index contributed by atoms with van der Waals surface area (Å²) in [5, 5.41) is 4.88. The highest BCUT2D eigenvalue weighted by molar-refractivity contribution is 7.98. The van der Waals surface area contributed by atoms with E-state index in [9.17, 15) is 0 Å². The van der Waals surface area contributed by atoms with Crippen LogP contribution in [0, 0.1) is 6.92 Å². The molecule has 8 heteroatoms. The van der Waals surface area contributed by atoms with Gasteiger partial charge in [0.05, 0.1) is 24.2 Å². The van der Waals surface area contributed by atoms with Crippen LogP contribution in [-0.4, -0.2) is 45.6 Å². The molecule has 0 N–H and O–H groups in total. The molecule has 0 saturated heterocycles. The third kappa shape index (κ3) is 6.00. The predicted molar refractivity (Wildman–Crippen MR) is 119 cm³/mol. The van der Waals surface area contributed by atoms with Crippen LogP contribution in [0.25, 0.3) is 11.4 Å². The molecule has 3 aromatic heterocycles. The number of oxime groups is 1. The van der Waals surface area contributed by atoms with E-state index in [1.165, 1.54) is 11.8 Å². The molecule has 3 rings (SSSR count). The lowest BCUT2D eigenvalue weighted by Crippen LogP contribution is -2.03. The second-order valence-electron chi connectivity index (χ2n) is 6.59. The Morgan fingerprint density at radius 3 is 2.77 bits per heavy atom. The first-order chi connectivity index (χ1) is 14.6. The van der Waals surface area contributed by atoms with E-state index >= 15 is 0 Å². The van der Waals surface area contributed by atoms with Crippen molar-refractivity contribution >= 4 is 17.5 Å². The summed E-state index contributed by atoms with van der Waals surface area (Å²) in [6.07, 6.45) is 5.26. The fourth-order valence-electron chi connectivity index (χ4n) is 2.80. The number of aromatic nitrogens is 4. The Labute approximate surface area is 181 Å². The fraction of sp³-hybridized carbons (Fsp3) is 0.318. The molecular formula is C22H25N5O2S. The number of ether oxygens (including phenoxy) is 1. The van der Waals surface area contributed by atoms with Crippen molar-refractivity contribution in [3.05, 3.63) is 59.7 Å². The van der Waals surface area contributed by atoms with Crippen LogP contribution in [0.15, 0.2) is 52.9 Å². The highest BCUT2D eigenvalue weighted by Crippen LogP contribution is 2.22. The van der Waals surface area contributed by atoms with Crippen molar-refractivity contribution in [3.63, 3.8) is 0 Å². The van der Waals surface area contributed by atoms with Crippen LogP contribution in [0.2, 0.25) is 0 Å². The number of rotatable bonds is 9. The molecule has 0 spiro atoms. The van der Waals surface area contributed by atoms with Gasteiger partial charge in [-0.05, 0) is 51.1 Å². The van der Waals surface area contributed by atoms with Crippen LogP contribution >= 0.6 is 11.8 Å². The minimum absolute atomic E-state index is 0.500. The van der Waals surface area contributed by atoms with E-state index in [-0.39, 0.29) is 0 Å². The summed E-state index contributed by atoms with van der Waals surface area (Å²) < 4.78 is 5.34. The van der Waals surface area contributed by atoms with E-state index in [1.807, 2.05) is 56.5 Å². The summed E-state index contributed by atoms with van der Waals surface area (Å²) in [6.45, 7) is 4.32. The predicted octanol–water partition coefficient (Wildman–Crippen LogP) is 4.35. The van der Waals surface area contributed by atoms with Gasteiger partial charge in [0.2, 0.25) is 0 Å². The lowest BCUT2D eigenvalue weighted by molar-refractivity contribution is 0.141. The number of thioether (sulfide) groups is 1. The van der Waals surface area contributed by atoms with Gasteiger partial charge in [0.25, 0.3) is 0 Å². The maximum absolute atomic E-state index is 5.47. The number of hydrogen-bond donors (Lipinski definition) is 0. The lowest BCUT2D eigenvalue weighted by Gasteiger charge is -2.07. The van der Waals surface area contributed by atoms with Crippen LogP contribution in [-0.2, 0) is 11.3 Å². The zero-order valence-electron chi connectivity index (χ0n) is 17.6. The molecule has 3 aromatic rings. The maximum Gasteiger partial charge on any atom is 0.187 e. The van der Waals surface area contributed by atoms with Crippen molar-refractivity contribution in [3.8, 4) is 17.1 Å². The molecule has 30 heavy (non-hydrogen) atoms. The molecule has 0 radical (unpaired) electrons. The van der Waals surface area contributed by atoms with Crippen molar-refractivity contribution < 1.29 is 9.57 Å². The van der Waals surface area contributed by atoms with Gasteiger partial charge < -0.3 is 9.57 Å². The molecule has 0 fully saturated rings. The SMILES string of the molecule is COc1cc(C)nc(-c2cccc(CCCON=C(C)c3ccnc(SC)n3)n2)c1. The first-order valence-corrected chi connectivity index (χ1v) is 10.8. The molecular weight excluding hydrogens is 398 g/mol. The van der Waals surface area contributed by atoms with Gasteiger partial charge >= 0.3 is 0 Å². The van der Waals surface area contributed by atoms with E-state index in [4.69, 9.17) is 14.6 Å². The smallest absolute Gasteiger partial charge is 0.187 e. The molecule has 0 aromatic carbocycles. The average Bonchev–Trinajstić information content (AvgIpc) is 2.78. The summed E-state index contributed by atoms with van der Waals surface area (Å²) in [6, 6.07) is 11.6. The summed E-state index contributed by atoms with van der Waals surface area (Å²) in [5.74, 6) is 0.777. The molecule has 0 bridgehead atoms. The van der Waals surface area contributed by atoms with Gasteiger partial charge in [-0.1, -0.05) is 23.0 Å². The molecule has 7 nitrogen and oxygen atoms in total. The molecule has 0 amide bonds. The van der Waals surface area contributed by atoms with Crippen molar-refractivity contribution in [1.29, 1.82) is 0 Å². The molecule has 0 aliphatic carbocycles. The van der Waals surface area contributed by atoms with E-state index < -0.39 is 0 Å². The summed E-state index contributed by atoms with van der Waals surface area (Å²) in [4.78, 5) is 23.3. The topological polar surface area (TPSA) is 82.4 Å². The summed E-state index contributed by atoms with van der Waals surface area (Å²) in [5.41, 5.74) is 5.01. The number of hydrogen-bond acceptors (Lipinski definition) is 8. The summed E-state index contributed by atoms with van der Waals surface area (Å²) >= 11 is 1.50. The largest absolute Gasteiger partial charge is 0.497 e. The van der Waals surface area contributed by atoms with E-state index in [2.05, 4.69) is 20.1 Å². The van der Waals surface area contributed by atoms with Gasteiger partial charge in [-0.2, -0.15) is 0 Å². The Kier molecular flexibility index (Phi) is 7.73. The van der Waals surface area contributed by atoms with Crippen molar-refractivity contribution in [2.75, 3.05) is 20.0 Å². The third-order valence-electron chi connectivity index (χ3n) is 4.29. The van der Waals surface area contributed by atoms with Gasteiger partial charge in [0, 0.05) is 29.7 Å². The normalized spacial score (nSPS) is 11.4. The number of pyridine rings is 2. The summed E-state index contributed by atoms with van der Waals surface area (Å²) in [7, 11) is 1.65. The highest BCUT2D eigenvalue weighted by atomic mass is 32.2. The molecule has 156 valence electrons. The molecule has 0 unspecified atom stereocenters. The van der Waals surface area contributed by atoms with E-state index in [1.54, 1.807) is 13.3 Å².